The van der Waals surface area contributed by atoms with Crippen LogP contribution in [0.3, 0.4) is 0 Å². The van der Waals surface area contributed by atoms with Crippen molar-refractivity contribution in [3.63, 3.8) is 0 Å². The summed E-state index contributed by atoms with van der Waals surface area (Å²) in [5, 5.41) is 0. The van der Waals surface area contributed by atoms with Gasteiger partial charge in [-0.2, -0.15) is 11.8 Å². The number of nitrogens with two attached hydrogens (primary N) is 1. The van der Waals surface area contributed by atoms with Crippen LogP contribution in [-0.2, 0) is 0 Å². The van der Waals surface area contributed by atoms with Gasteiger partial charge in [0.25, 0.3) is 0 Å². The zero-order chi connectivity index (χ0) is 7.90. The van der Waals surface area contributed by atoms with E-state index < -0.39 is 0 Å². The maximum Gasteiger partial charge on any atom is 0.00133 e. The van der Waals surface area contributed by atoms with Crippen molar-refractivity contribution in [1.29, 1.82) is 0 Å². The lowest BCUT2D eigenvalue weighted by Gasteiger charge is -2.08. The first-order chi connectivity index (χ1) is 5.23. The van der Waals surface area contributed by atoms with Crippen LogP contribution in [0.1, 0.15) is 26.2 Å². The molecule has 11 heavy (non-hydrogen) atoms. The largest absolute Gasteiger partial charge is 0.328 e. The first-order valence-electron chi connectivity index (χ1n) is 4.56. The number of hydrogen-bond donors (Lipinski definition) is 1. The Kier molecular flexibility index (Phi) is 1.92. The second-order valence-corrected chi connectivity index (χ2v) is 5.38. The van der Waals surface area contributed by atoms with Gasteiger partial charge >= 0.3 is 0 Å². The molecule has 0 aromatic carbocycles. The molecule has 0 aromatic rings. The fourth-order valence-electron chi connectivity index (χ4n) is 2.32. The average Bonchev–Trinajstić information content (AvgIpc) is 2.43. The van der Waals surface area contributed by atoms with Crippen molar-refractivity contribution >= 4 is 11.8 Å². The van der Waals surface area contributed by atoms with E-state index >= 15 is 0 Å². The fraction of sp³-hybridized carbons (Fsp3) is 1.00. The Labute approximate surface area is 73.1 Å². The van der Waals surface area contributed by atoms with E-state index in [1.54, 1.807) is 0 Å². The molecule has 0 radical (unpaired) electrons. The molecule has 2 rings (SSSR count). The predicted molar refractivity (Wildman–Crippen MR) is 50.7 cm³/mol. The maximum absolute atomic E-state index is 5.78. The Morgan fingerprint density at radius 3 is 3.09 bits per heavy atom. The summed E-state index contributed by atoms with van der Waals surface area (Å²) in [6.07, 6.45) is 4.21. The number of rotatable bonds is 2. The Hall–Kier alpha value is 0.310. The van der Waals surface area contributed by atoms with Crippen molar-refractivity contribution in [2.24, 2.45) is 17.1 Å². The van der Waals surface area contributed by atoms with Crippen molar-refractivity contribution in [2.45, 2.75) is 32.2 Å². The van der Waals surface area contributed by atoms with Crippen molar-refractivity contribution in [3.05, 3.63) is 0 Å². The molecule has 1 aliphatic heterocycles. The summed E-state index contributed by atoms with van der Waals surface area (Å²) >= 11 is 2.13. The Morgan fingerprint density at radius 2 is 2.55 bits per heavy atom. The molecule has 1 spiro atoms. The molecule has 3 atom stereocenters. The van der Waals surface area contributed by atoms with Crippen molar-refractivity contribution in [3.8, 4) is 0 Å². The molecule has 1 saturated heterocycles. The van der Waals surface area contributed by atoms with Crippen LogP contribution in [0, 0.1) is 11.3 Å². The summed E-state index contributed by atoms with van der Waals surface area (Å²) in [7, 11) is 0. The molecule has 0 aromatic heterocycles. The lowest BCUT2D eigenvalue weighted by Crippen LogP contribution is -2.17. The van der Waals surface area contributed by atoms with E-state index in [1.165, 1.54) is 30.8 Å². The molecule has 1 saturated carbocycles. The number of thioether (sulfide) groups is 1. The second kappa shape index (κ2) is 2.67. The smallest absolute Gasteiger partial charge is 0.00133 e. The molecule has 64 valence electrons. The lowest BCUT2D eigenvalue weighted by atomic mass is 10.00. The van der Waals surface area contributed by atoms with Crippen LogP contribution in [0.25, 0.3) is 0 Å². The molecule has 2 fully saturated rings. The van der Waals surface area contributed by atoms with E-state index in [9.17, 15) is 0 Å². The SMILES string of the molecule is CC(N)CC1CC12CCSC2. The average molecular weight is 171 g/mol. The first kappa shape index (κ1) is 7.93. The van der Waals surface area contributed by atoms with Gasteiger partial charge < -0.3 is 5.73 Å². The molecular weight excluding hydrogens is 154 g/mol. The third-order valence-corrected chi connectivity index (χ3v) is 4.42. The van der Waals surface area contributed by atoms with E-state index in [0.717, 1.165) is 11.3 Å². The Morgan fingerprint density at radius 1 is 1.73 bits per heavy atom. The molecule has 2 aliphatic rings. The standard InChI is InChI=1S/C9H17NS/c1-7(10)4-8-5-9(8)2-3-11-6-9/h7-8H,2-6,10H2,1H3. The van der Waals surface area contributed by atoms with Crippen LogP contribution >= 0.6 is 11.8 Å². The van der Waals surface area contributed by atoms with Gasteiger partial charge in [-0.3, -0.25) is 0 Å². The molecule has 1 aliphatic carbocycles. The van der Waals surface area contributed by atoms with Gasteiger partial charge in [0.15, 0.2) is 0 Å². The highest BCUT2D eigenvalue weighted by Gasteiger charge is 2.54. The van der Waals surface area contributed by atoms with E-state index in [2.05, 4.69) is 18.7 Å². The number of hydrogen-bond acceptors (Lipinski definition) is 2. The normalized spacial score (nSPS) is 44.7. The van der Waals surface area contributed by atoms with Crippen LogP contribution in [0.5, 0.6) is 0 Å². The summed E-state index contributed by atoms with van der Waals surface area (Å²) < 4.78 is 0. The zero-order valence-corrected chi connectivity index (χ0v) is 7.99. The lowest BCUT2D eigenvalue weighted by molar-refractivity contribution is 0.471. The summed E-state index contributed by atoms with van der Waals surface area (Å²) in [6.45, 7) is 2.13. The van der Waals surface area contributed by atoms with Gasteiger partial charge in [-0.1, -0.05) is 0 Å². The van der Waals surface area contributed by atoms with Gasteiger partial charge in [-0.15, -0.1) is 0 Å². The minimum Gasteiger partial charge on any atom is -0.328 e. The van der Waals surface area contributed by atoms with Crippen LogP contribution in [-0.4, -0.2) is 17.5 Å². The summed E-state index contributed by atoms with van der Waals surface area (Å²) in [4.78, 5) is 0. The third kappa shape index (κ3) is 1.43. The van der Waals surface area contributed by atoms with Gasteiger partial charge in [0, 0.05) is 6.04 Å². The summed E-state index contributed by atoms with van der Waals surface area (Å²) in [5.41, 5.74) is 6.55. The molecule has 0 bridgehead atoms. The minimum atomic E-state index is 0.421. The van der Waals surface area contributed by atoms with Crippen LogP contribution in [0.4, 0.5) is 0 Å². The quantitative estimate of drug-likeness (QED) is 0.686. The zero-order valence-electron chi connectivity index (χ0n) is 7.18. The van der Waals surface area contributed by atoms with E-state index in [1.807, 2.05) is 0 Å². The molecule has 2 N–H and O–H groups in total. The Balaban J connectivity index is 1.84. The Bertz CT molecular complexity index is 150. The van der Waals surface area contributed by atoms with Gasteiger partial charge in [0.1, 0.15) is 0 Å². The van der Waals surface area contributed by atoms with Crippen LogP contribution < -0.4 is 5.73 Å². The van der Waals surface area contributed by atoms with E-state index in [4.69, 9.17) is 5.73 Å². The first-order valence-corrected chi connectivity index (χ1v) is 5.72. The van der Waals surface area contributed by atoms with E-state index in [0.29, 0.717) is 6.04 Å². The predicted octanol–water partition coefficient (Wildman–Crippen LogP) is 1.87. The highest BCUT2D eigenvalue weighted by molar-refractivity contribution is 7.99. The molecule has 3 unspecified atom stereocenters. The van der Waals surface area contributed by atoms with Crippen LogP contribution in [0.15, 0.2) is 0 Å². The van der Waals surface area contributed by atoms with Crippen molar-refractivity contribution in [1.82, 2.24) is 0 Å². The molecule has 2 heteroatoms. The third-order valence-electron chi connectivity index (χ3n) is 3.15. The summed E-state index contributed by atoms with van der Waals surface area (Å²) in [5.74, 6) is 3.80. The van der Waals surface area contributed by atoms with Gasteiger partial charge in [0.2, 0.25) is 0 Å². The topological polar surface area (TPSA) is 26.0 Å². The highest BCUT2D eigenvalue weighted by Crippen LogP contribution is 2.62. The van der Waals surface area contributed by atoms with Crippen molar-refractivity contribution in [2.75, 3.05) is 11.5 Å². The van der Waals surface area contributed by atoms with Gasteiger partial charge in [-0.05, 0) is 49.0 Å². The monoisotopic (exact) mass is 171 g/mol. The minimum absolute atomic E-state index is 0.421. The molecule has 0 amide bonds. The molecule has 1 heterocycles. The van der Waals surface area contributed by atoms with Gasteiger partial charge in [-0.25, -0.2) is 0 Å². The van der Waals surface area contributed by atoms with Crippen LogP contribution in [0.2, 0.25) is 0 Å². The molecule has 1 nitrogen and oxygen atoms in total. The molecular formula is C9H17NS. The second-order valence-electron chi connectivity index (χ2n) is 4.28. The van der Waals surface area contributed by atoms with Crippen molar-refractivity contribution < 1.29 is 0 Å². The summed E-state index contributed by atoms with van der Waals surface area (Å²) in [6, 6.07) is 0.421. The maximum atomic E-state index is 5.78. The highest BCUT2D eigenvalue weighted by atomic mass is 32.2. The van der Waals surface area contributed by atoms with E-state index in [-0.39, 0.29) is 0 Å². The van der Waals surface area contributed by atoms with Gasteiger partial charge in [0.05, 0.1) is 0 Å². The fourth-order valence-corrected chi connectivity index (χ4v) is 3.92.